The van der Waals surface area contributed by atoms with E-state index in [1.54, 1.807) is 38.8 Å². The summed E-state index contributed by atoms with van der Waals surface area (Å²) in [6.07, 6.45) is 16.4. The number of hydroxylamine groups is 4. The molecular formula is C34H44IN15O11S3. The molecule has 0 spiro atoms. The minimum Gasteiger partial charge on any atom is -0.319 e. The molecule has 0 radical (unpaired) electrons. The van der Waals surface area contributed by atoms with E-state index >= 15 is 0 Å². The van der Waals surface area contributed by atoms with Crippen molar-refractivity contribution in [3.63, 3.8) is 0 Å². The predicted molar refractivity (Wildman–Crippen MR) is 234 cm³/mol. The number of aromatic amines is 1. The van der Waals surface area contributed by atoms with Gasteiger partial charge in [0.15, 0.2) is 0 Å². The van der Waals surface area contributed by atoms with Gasteiger partial charge in [-0.25, -0.2) is 64.4 Å². The van der Waals surface area contributed by atoms with E-state index in [1.165, 1.54) is 54.1 Å². The van der Waals surface area contributed by atoms with Gasteiger partial charge in [-0.3, -0.25) is 14.8 Å². The van der Waals surface area contributed by atoms with Crippen LogP contribution in [-0.2, 0) is 39.7 Å². The van der Waals surface area contributed by atoms with Crippen molar-refractivity contribution < 1.29 is 49.3 Å². The molecule has 3 unspecified atom stereocenters. The number of urea groups is 3. The van der Waals surface area contributed by atoms with Gasteiger partial charge in [0, 0.05) is 36.5 Å². The van der Waals surface area contributed by atoms with E-state index in [-0.39, 0.29) is 57.5 Å². The van der Waals surface area contributed by atoms with Gasteiger partial charge in [0.1, 0.15) is 14.7 Å². The van der Waals surface area contributed by atoms with Crippen LogP contribution in [0.5, 0.6) is 0 Å². The summed E-state index contributed by atoms with van der Waals surface area (Å²) in [5.41, 5.74) is 1.45. The molecule has 3 aromatic heterocycles. The molecule has 6 amide bonds. The minimum absolute atomic E-state index is 0.00150. The fourth-order valence-electron chi connectivity index (χ4n) is 6.78. The number of halogens is 1. The Labute approximate surface area is 381 Å². The van der Waals surface area contributed by atoms with Crippen LogP contribution in [0.3, 0.4) is 0 Å². The SMILES string of the molecule is C=CCON1C(=O)N2CC(I)=CC1C2.C=CCON1C(=O)N2CC(n3cc(S(N)(=O)=O)cn3)=CC1C2.CN1C(=O)N2CC(n3cc(S(N)(=O)=O)cn3)=CC1C2.NS(=O)(=O)c1cn[nH]c1. The normalized spacial score (nSPS) is 21.3. The first kappa shape index (κ1) is 48.0. The summed E-state index contributed by atoms with van der Waals surface area (Å²) in [4.78, 5) is 52.9. The zero-order valence-electron chi connectivity index (χ0n) is 33.9. The standard InChI is InChI=1S/C12H15N5O4S.C10H13N5O3S.C9H11IN2O2.C3H5N3O2S/c1-2-3-21-17-10-4-9(6-15(7-10)12(17)18)16-8-11(5-14-16)22(13,19)20;1-13-7-2-8(5-14(4-7)10(13)16)15-6-9(3-12-15)19(11,17)18;1-2-3-14-12-8-4-7(10)5-11(6-8)9(12)13;4-9(7,8)3-1-5-6-2-3/h2,4-5,8,10H,1,3,6-7H2,(H2,13,19,20);2-3,6-7H,4-5H2,1H3,(H2,11,17,18);2,4,8H,1,3,5-6H2;1-2H,(H,5,6)(H2,4,7,8). The Hall–Kier alpha value is -5.48. The fraction of sp³-hybridized carbons (Fsp3) is 0.353. The van der Waals surface area contributed by atoms with Crippen LogP contribution in [0.4, 0.5) is 14.4 Å². The van der Waals surface area contributed by atoms with Gasteiger partial charge >= 0.3 is 18.1 Å². The minimum atomic E-state index is -3.80. The predicted octanol–water partition coefficient (Wildman–Crippen LogP) is -0.670. The van der Waals surface area contributed by atoms with Crippen molar-refractivity contribution in [1.29, 1.82) is 0 Å². The van der Waals surface area contributed by atoms with Crippen molar-refractivity contribution in [2.75, 3.05) is 59.5 Å². The third kappa shape index (κ3) is 11.1. The zero-order chi connectivity index (χ0) is 46.7. The van der Waals surface area contributed by atoms with Crippen LogP contribution in [0.2, 0.25) is 0 Å². The lowest BCUT2D eigenvalue weighted by Gasteiger charge is -2.21. The van der Waals surface area contributed by atoms with Crippen LogP contribution in [0.1, 0.15) is 0 Å². The molecule has 9 heterocycles. The van der Waals surface area contributed by atoms with E-state index in [4.69, 9.17) is 25.1 Å². The lowest BCUT2D eigenvalue weighted by Crippen LogP contribution is -2.33. The van der Waals surface area contributed by atoms with Crippen molar-refractivity contribution >= 4 is 82.1 Å². The van der Waals surface area contributed by atoms with Crippen molar-refractivity contribution in [3.8, 4) is 0 Å². The molecule has 346 valence electrons. The second-order valence-corrected chi connectivity index (χ2v) is 20.4. The Kier molecular flexibility index (Phi) is 14.5. The van der Waals surface area contributed by atoms with E-state index in [2.05, 4.69) is 62.2 Å². The number of H-pyrrole nitrogens is 1. The number of amides is 6. The molecule has 30 heteroatoms. The summed E-state index contributed by atoms with van der Waals surface area (Å²) >= 11 is 2.25. The number of sulfonamides is 3. The molecule has 3 fully saturated rings. The highest BCUT2D eigenvalue weighted by molar-refractivity contribution is 14.1. The van der Waals surface area contributed by atoms with E-state index in [9.17, 15) is 39.6 Å². The second-order valence-electron chi connectivity index (χ2n) is 14.4. The number of primary sulfonamides is 3. The number of hydrogen-bond acceptors (Lipinski definition) is 14. The molecule has 0 aromatic carbocycles. The fourth-order valence-corrected chi connectivity index (χ4v) is 8.90. The summed E-state index contributed by atoms with van der Waals surface area (Å²) < 4.78 is 69.9. The Bertz CT molecular complexity index is 2720. The van der Waals surface area contributed by atoms with E-state index in [1.807, 2.05) is 12.2 Å². The molecule has 9 rings (SSSR count). The maximum Gasteiger partial charge on any atom is 0.345 e. The van der Waals surface area contributed by atoms with Crippen molar-refractivity contribution in [2.24, 2.45) is 15.4 Å². The number of carbonyl (C=O) groups excluding carboxylic acids is 3. The topological polar surface area (TPSA) is 334 Å². The number of carbonyl (C=O) groups is 3. The quantitative estimate of drug-likeness (QED) is 0.137. The molecule has 3 atom stereocenters. The number of nitrogens with one attached hydrogen (secondary N) is 1. The number of nitrogens with zero attached hydrogens (tertiary/aromatic N) is 11. The Morgan fingerprint density at radius 1 is 0.688 bits per heavy atom. The molecule has 0 aliphatic carbocycles. The molecule has 6 aliphatic rings. The van der Waals surface area contributed by atoms with Gasteiger partial charge in [0.05, 0.1) is 93.4 Å². The third-order valence-corrected chi connectivity index (χ3v) is 13.1. The second kappa shape index (κ2) is 19.3. The number of aromatic nitrogens is 6. The molecule has 0 saturated carbocycles. The number of likely N-dealkylation sites (N-methyl/N-ethyl adjacent to an activating group) is 1. The first-order valence-corrected chi connectivity index (χ1v) is 24.4. The molecule has 26 nitrogen and oxygen atoms in total. The van der Waals surface area contributed by atoms with Gasteiger partial charge in [-0.2, -0.15) is 25.4 Å². The van der Waals surface area contributed by atoms with Gasteiger partial charge in [0.25, 0.3) is 0 Å². The van der Waals surface area contributed by atoms with E-state index < -0.39 is 30.1 Å². The third-order valence-electron chi connectivity index (χ3n) is 9.83. The first-order valence-electron chi connectivity index (χ1n) is 18.7. The van der Waals surface area contributed by atoms with Gasteiger partial charge < -0.3 is 19.6 Å². The lowest BCUT2D eigenvalue weighted by molar-refractivity contribution is -0.107. The first-order chi connectivity index (χ1) is 30.1. The van der Waals surface area contributed by atoms with Crippen molar-refractivity contribution in [1.82, 2.24) is 59.5 Å². The number of rotatable bonds is 11. The van der Waals surface area contributed by atoms with Crippen molar-refractivity contribution in [2.45, 2.75) is 32.8 Å². The maximum absolute atomic E-state index is 12.1. The van der Waals surface area contributed by atoms with Crippen LogP contribution >= 0.6 is 22.6 Å². The Balaban J connectivity index is 0.000000148. The summed E-state index contributed by atoms with van der Waals surface area (Å²) in [6, 6.07) is -0.494. The number of fused-ring (bicyclic) bond motifs is 6. The van der Waals surface area contributed by atoms with Gasteiger partial charge in [-0.05, 0) is 40.8 Å². The molecule has 3 aromatic rings. The van der Waals surface area contributed by atoms with E-state index in [0.29, 0.717) is 45.0 Å². The largest absolute Gasteiger partial charge is 0.345 e. The van der Waals surface area contributed by atoms with Crippen LogP contribution in [-0.4, -0.2) is 180 Å². The van der Waals surface area contributed by atoms with Crippen LogP contribution in [0.15, 0.2) is 99.0 Å². The Morgan fingerprint density at radius 3 is 1.53 bits per heavy atom. The summed E-state index contributed by atoms with van der Waals surface area (Å²) in [6.45, 7) is 11.1. The molecule has 6 bridgehead atoms. The number of nitrogens with two attached hydrogens (primary N) is 3. The summed E-state index contributed by atoms with van der Waals surface area (Å²) in [5, 5.41) is 31.3. The van der Waals surface area contributed by atoms with Gasteiger partial charge in [-0.1, -0.05) is 12.2 Å². The molecule has 7 N–H and O–H groups in total. The van der Waals surface area contributed by atoms with Crippen LogP contribution < -0.4 is 15.4 Å². The zero-order valence-corrected chi connectivity index (χ0v) is 38.5. The number of hydrogen-bond donors (Lipinski definition) is 4. The Morgan fingerprint density at radius 2 is 1.12 bits per heavy atom. The van der Waals surface area contributed by atoms with E-state index in [0.717, 1.165) is 18.4 Å². The maximum atomic E-state index is 12.1. The molecule has 6 aliphatic heterocycles. The highest BCUT2D eigenvalue weighted by Gasteiger charge is 2.42. The smallest absolute Gasteiger partial charge is 0.319 e. The monoisotopic (exact) mass is 1060 g/mol. The molecular weight excluding hydrogens is 1020 g/mol. The van der Waals surface area contributed by atoms with Crippen LogP contribution in [0, 0.1) is 0 Å². The highest BCUT2D eigenvalue weighted by Crippen LogP contribution is 2.29. The highest BCUT2D eigenvalue weighted by atomic mass is 127. The molecule has 3 saturated heterocycles. The van der Waals surface area contributed by atoms with Gasteiger partial charge in [-0.15, -0.1) is 13.2 Å². The lowest BCUT2D eigenvalue weighted by atomic mass is 10.2. The molecule has 64 heavy (non-hydrogen) atoms. The average Bonchev–Trinajstić information content (AvgIpc) is 4.10. The van der Waals surface area contributed by atoms with Crippen molar-refractivity contribution in [3.05, 3.63) is 84.3 Å². The van der Waals surface area contributed by atoms with Gasteiger partial charge in [0.2, 0.25) is 30.1 Å². The average molecular weight is 1060 g/mol. The summed E-state index contributed by atoms with van der Waals surface area (Å²) in [5.74, 6) is 0. The summed E-state index contributed by atoms with van der Waals surface area (Å²) in [7, 11) is -9.37. The van der Waals surface area contributed by atoms with Crippen LogP contribution in [0.25, 0.3) is 11.4 Å².